The van der Waals surface area contributed by atoms with Crippen molar-refractivity contribution >= 4 is 37.5 Å². The van der Waals surface area contributed by atoms with Gasteiger partial charge >= 0.3 is 0 Å². The van der Waals surface area contributed by atoms with Crippen LogP contribution in [-0.4, -0.2) is 0 Å². The standard InChI is InChI=1S/C15H14Br2FN/c1-9-3-4-12(17)8-15(9)19-10(2)13-7-11(16)5-6-14(13)18/h3-8,10,19H,1-2H3. The molecule has 4 heteroatoms. The van der Waals surface area contributed by atoms with Gasteiger partial charge in [0.05, 0.1) is 6.04 Å². The second kappa shape index (κ2) is 6.06. The molecule has 0 aliphatic heterocycles. The van der Waals surface area contributed by atoms with Crippen LogP contribution in [0.25, 0.3) is 0 Å². The summed E-state index contributed by atoms with van der Waals surface area (Å²) >= 11 is 6.82. The third kappa shape index (κ3) is 3.57. The average Bonchev–Trinajstić information content (AvgIpc) is 2.36. The van der Waals surface area contributed by atoms with Gasteiger partial charge < -0.3 is 5.32 Å². The lowest BCUT2D eigenvalue weighted by molar-refractivity contribution is 0.600. The largest absolute Gasteiger partial charge is 0.378 e. The van der Waals surface area contributed by atoms with Crippen LogP contribution in [0, 0.1) is 12.7 Å². The van der Waals surface area contributed by atoms with Gasteiger partial charge in [-0.25, -0.2) is 4.39 Å². The molecule has 100 valence electrons. The first kappa shape index (κ1) is 14.5. The van der Waals surface area contributed by atoms with E-state index in [1.54, 1.807) is 12.1 Å². The molecule has 0 saturated carbocycles. The molecule has 0 bridgehead atoms. The SMILES string of the molecule is Cc1ccc(Br)cc1NC(C)c1cc(Br)ccc1F. The first-order valence-electron chi connectivity index (χ1n) is 5.95. The Morgan fingerprint density at radius 3 is 2.42 bits per heavy atom. The molecule has 2 rings (SSSR count). The third-order valence-electron chi connectivity index (χ3n) is 3.00. The van der Waals surface area contributed by atoms with Gasteiger partial charge in [-0.05, 0) is 49.7 Å². The molecular weight excluding hydrogens is 373 g/mol. The zero-order chi connectivity index (χ0) is 14.0. The molecule has 2 aromatic carbocycles. The zero-order valence-electron chi connectivity index (χ0n) is 10.7. The van der Waals surface area contributed by atoms with Crippen LogP contribution in [0.3, 0.4) is 0 Å². The number of hydrogen-bond donors (Lipinski definition) is 1. The highest BCUT2D eigenvalue weighted by Gasteiger charge is 2.12. The molecule has 2 aromatic rings. The number of nitrogens with one attached hydrogen (secondary N) is 1. The Kier molecular flexibility index (Phi) is 4.63. The molecule has 1 nitrogen and oxygen atoms in total. The van der Waals surface area contributed by atoms with Crippen molar-refractivity contribution in [1.82, 2.24) is 0 Å². The van der Waals surface area contributed by atoms with E-state index in [-0.39, 0.29) is 11.9 Å². The molecule has 0 aromatic heterocycles. The molecule has 19 heavy (non-hydrogen) atoms. The van der Waals surface area contributed by atoms with Crippen LogP contribution in [-0.2, 0) is 0 Å². The van der Waals surface area contributed by atoms with Crippen LogP contribution in [0.15, 0.2) is 45.3 Å². The summed E-state index contributed by atoms with van der Waals surface area (Å²) in [5.74, 6) is -0.198. The van der Waals surface area contributed by atoms with E-state index in [0.29, 0.717) is 5.56 Å². The predicted octanol–water partition coefficient (Wildman–Crippen LogP) is 5.83. The van der Waals surface area contributed by atoms with E-state index >= 15 is 0 Å². The maximum absolute atomic E-state index is 13.8. The topological polar surface area (TPSA) is 12.0 Å². The van der Waals surface area contributed by atoms with Crippen molar-refractivity contribution < 1.29 is 4.39 Å². The van der Waals surface area contributed by atoms with Crippen LogP contribution in [0.1, 0.15) is 24.1 Å². The minimum Gasteiger partial charge on any atom is -0.378 e. The second-order valence-electron chi connectivity index (χ2n) is 4.49. The van der Waals surface area contributed by atoms with Gasteiger partial charge in [-0.15, -0.1) is 0 Å². The fraction of sp³-hybridized carbons (Fsp3) is 0.200. The summed E-state index contributed by atoms with van der Waals surface area (Å²) in [5.41, 5.74) is 2.78. The van der Waals surface area contributed by atoms with Crippen molar-refractivity contribution in [2.45, 2.75) is 19.9 Å². The summed E-state index contributed by atoms with van der Waals surface area (Å²) in [6, 6.07) is 10.9. The maximum atomic E-state index is 13.8. The molecule has 0 radical (unpaired) electrons. The van der Waals surface area contributed by atoms with E-state index in [2.05, 4.69) is 37.2 Å². The van der Waals surface area contributed by atoms with Gasteiger partial charge in [0.25, 0.3) is 0 Å². The fourth-order valence-electron chi connectivity index (χ4n) is 1.91. The Morgan fingerprint density at radius 2 is 1.68 bits per heavy atom. The lowest BCUT2D eigenvalue weighted by Crippen LogP contribution is -2.09. The summed E-state index contributed by atoms with van der Waals surface area (Å²) in [6.07, 6.45) is 0. The zero-order valence-corrected chi connectivity index (χ0v) is 13.8. The van der Waals surface area contributed by atoms with Crippen LogP contribution in [0.2, 0.25) is 0 Å². The molecule has 0 aliphatic carbocycles. The Labute approximate surface area is 129 Å². The maximum Gasteiger partial charge on any atom is 0.128 e. The highest BCUT2D eigenvalue weighted by molar-refractivity contribution is 9.10. The number of rotatable bonds is 3. The molecule has 0 saturated heterocycles. The van der Waals surface area contributed by atoms with Crippen molar-refractivity contribution in [2.24, 2.45) is 0 Å². The first-order valence-corrected chi connectivity index (χ1v) is 7.53. The number of hydrogen-bond acceptors (Lipinski definition) is 1. The van der Waals surface area contributed by atoms with E-state index in [9.17, 15) is 4.39 Å². The van der Waals surface area contributed by atoms with Gasteiger partial charge in [-0.1, -0.05) is 37.9 Å². The normalized spacial score (nSPS) is 12.3. The van der Waals surface area contributed by atoms with Crippen molar-refractivity contribution in [2.75, 3.05) is 5.32 Å². The summed E-state index contributed by atoms with van der Waals surface area (Å²) in [6.45, 7) is 3.98. The van der Waals surface area contributed by atoms with E-state index in [4.69, 9.17) is 0 Å². The molecule has 0 aliphatic rings. The van der Waals surface area contributed by atoms with Crippen molar-refractivity contribution in [3.63, 3.8) is 0 Å². The highest BCUT2D eigenvalue weighted by Crippen LogP contribution is 2.28. The lowest BCUT2D eigenvalue weighted by atomic mass is 10.1. The Morgan fingerprint density at radius 1 is 1.05 bits per heavy atom. The Hall–Kier alpha value is -0.870. The van der Waals surface area contributed by atoms with E-state index in [1.807, 2.05) is 32.0 Å². The van der Waals surface area contributed by atoms with Crippen molar-refractivity contribution in [3.05, 3.63) is 62.3 Å². The second-order valence-corrected chi connectivity index (χ2v) is 6.32. The van der Waals surface area contributed by atoms with Crippen LogP contribution in [0.4, 0.5) is 10.1 Å². The summed E-state index contributed by atoms with van der Waals surface area (Å²) < 4.78 is 15.7. The summed E-state index contributed by atoms with van der Waals surface area (Å²) in [7, 11) is 0. The number of aryl methyl sites for hydroxylation is 1. The fourth-order valence-corrected chi connectivity index (χ4v) is 2.65. The Bertz CT molecular complexity index is 599. The minimum absolute atomic E-state index is 0.106. The predicted molar refractivity (Wildman–Crippen MR) is 85.0 cm³/mol. The van der Waals surface area contributed by atoms with Gasteiger partial charge in [-0.2, -0.15) is 0 Å². The average molecular weight is 387 g/mol. The monoisotopic (exact) mass is 385 g/mol. The van der Waals surface area contributed by atoms with Crippen molar-refractivity contribution in [3.8, 4) is 0 Å². The van der Waals surface area contributed by atoms with Crippen molar-refractivity contribution in [1.29, 1.82) is 0 Å². The quantitative estimate of drug-likeness (QED) is 0.699. The van der Waals surface area contributed by atoms with Crippen LogP contribution >= 0.6 is 31.9 Å². The lowest BCUT2D eigenvalue weighted by Gasteiger charge is -2.18. The summed E-state index contributed by atoms with van der Waals surface area (Å²) in [4.78, 5) is 0. The Balaban J connectivity index is 2.27. The molecule has 0 amide bonds. The number of benzene rings is 2. The third-order valence-corrected chi connectivity index (χ3v) is 3.98. The molecule has 0 spiro atoms. The van der Waals surface area contributed by atoms with Gasteiger partial charge in [0, 0.05) is 20.2 Å². The molecule has 1 atom stereocenters. The molecule has 1 unspecified atom stereocenters. The highest BCUT2D eigenvalue weighted by atomic mass is 79.9. The molecule has 0 heterocycles. The first-order chi connectivity index (χ1) is 8.97. The summed E-state index contributed by atoms with van der Waals surface area (Å²) in [5, 5.41) is 3.34. The van der Waals surface area contributed by atoms with Crippen LogP contribution < -0.4 is 5.32 Å². The van der Waals surface area contributed by atoms with Gasteiger partial charge in [0.15, 0.2) is 0 Å². The van der Waals surface area contributed by atoms with Crippen LogP contribution in [0.5, 0.6) is 0 Å². The van der Waals surface area contributed by atoms with E-state index < -0.39 is 0 Å². The smallest absolute Gasteiger partial charge is 0.128 e. The molecular formula is C15H14Br2FN. The van der Waals surface area contributed by atoms with E-state index in [1.165, 1.54) is 6.07 Å². The van der Waals surface area contributed by atoms with E-state index in [0.717, 1.165) is 20.2 Å². The number of anilines is 1. The van der Waals surface area contributed by atoms with Gasteiger partial charge in [0.1, 0.15) is 5.82 Å². The number of halogens is 3. The minimum atomic E-state index is -0.198. The van der Waals surface area contributed by atoms with Gasteiger partial charge in [-0.3, -0.25) is 0 Å². The molecule has 1 N–H and O–H groups in total. The molecule has 0 fully saturated rings. The van der Waals surface area contributed by atoms with Gasteiger partial charge in [0.2, 0.25) is 0 Å².